The Labute approximate surface area is 146 Å². The molecule has 5 heteroatoms. The summed E-state index contributed by atoms with van der Waals surface area (Å²) in [6.45, 7) is 7.85. The number of pyridine rings is 1. The van der Waals surface area contributed by atoms with Gasteiger partial charge in [0.2, 0.25) is 0 Å². The SMILES string of the molecule is Cc1cc(C)cc(-c2cc(C)c(C#N)c(=O)n2Cc2coc(C)n2)c1. The van der Waals surface area contributed by atoms with Gasteiger partial charge in [-0.25, -0.2) is 4.98 Å². The maximum Gasteiger partial charge on any atom is 0.269 e. The third kappa shape index (κ3) is 3.24. The molecule has 2 heterocycles. The van der Waals surface area contributed by atoms with Crippen molar-refractivity contribution in [3.63, 3.8) is 0 Å². The summed E-state index contributed by atoms with van der Waals surface area (Å²) < 4.78 is 6.84. The average Bonchev–Trinajstić information content (AvgIpc) is 2.94. The Kier molecular flexibility index (Phi) is 4.28. The number of nitriles is 1. The molecule has 0 aliphatic rings. The van der Waals surface area contributed by atoms with E-state index >= 15 is 0 Å². The van der Waals surface area contributed by atoms with E-state index in [1.807, 2.05) is 38.1 Å². The van der Waals surface area contributed by atoms with E-state index < -0.39 is 0 Å². The summed E-state index contributed by atoms with van der Waals surface area (Å²) >= 11 is 0. The van der Waals surface area contributed by atoms with Crippen LogP contribution in [0.4, 0.5) is 0 Å². The zero-order valence-corrected chi connectivity index (χ0v) is 14.8. The summed E-state index contributed by atoms with van der Waals surface area (Å²) in [6.07, 6.45) is 1.54. The van der Waals surface area contributed by atoms with Gasteiger partial charge in [0.05, 0.1) is 17.9 Å². The Bertz CT molecular complexity index is 1030. The Balaban J connectivity index is 2.26. The topological polar surface area (TPSA) is 71.8 Å². The van der Waals surface area contributed by atoms with Gasteiger partial charge in [0.25, 0.3) is 5.56 Å². The molecule has 0 saturated carbocycles. The molecule has 0 fully saturated rings. The average molecular weight is 333 g/mol. The van der Waals surface area contributed by atoms with Crippen molar-refractivity contribution in [1.29, 1.82) is 5.26 Å². The van der Waals surface area contributed by atoms with E-state index in [1.54, 1.807) is 24.7 Å². The molecule has 0 spiro atoms. The molecular weight excluding hydrogens is 314 g/mol. The molecule has 0 aliphatic carbocycles. The summed E-state index contributed by atoms with van der Waals surface area (Å²) in [7, 11) is 0. The van der Waals surface area contributed by atoms with Gasteiger partial charge in [0.1, 0.15) is 17.9 Å². The van der Waals surface area contributed by atoms with Crippen molar-refractivity contribution in [3.8, 4) is 17.3 Å². The molecule has 2 aromatic heterocycles. The first-order valence-electron chi connectivity index (χ1n) is 8.03. The number of oxazole rings is 1. The maximum atomic E-state index is 12.9. The van der Waals surface area contributed by atoms with Crippen LogP contribution < -0.4 is 5.56 Å². The molecule has 25 heavy (non-hydrogen) atoms. The lowest BCUT2D eigenvalue weighted by Gasteiger charge is -2.15. The molecule has 0 atom stereocenters. The summed E-state index contributed by atoms with van der Waals surface area (Å²) in [5.74, 6) is 0.545. The first-order chi connectivity index (χ1) is 11.9. The molecule has 0 aliphatic heterocycles. The molecule has 0 N–H and O–H groups in total. The summed E-state index contributed by atoms with van der Waals surface area (Å²) in [5, 5.41) is 9.35. The van der Waals surface area contributed by atoms with E-state index in [0.717, 1.165) is 22.4 Å². The summed E-state index contributed by atoms with van der Waals surface area (Å²) in [6, 6.07) is 10.1. The van der Waals surface area contributed by atoms with Crippen LogP contribution in [-0.4, -0.2) is 9.55 Å². The second-order valence-corrected chi connectivity index (χ2v) is 6.32. The zero-order valence-electron chi connectivity index (χ0n) is 14.8. The first-order valence-corrected chi connectivity index (χ1v) is 8.03. The number of aryl methyl sites for hydroxylation is 4. The third-order valence-corrected chi connectivity index (χ3v) is 4.11. The Morgan fingerprint density at radius 3 is 2.36 bits per heavy atom. The molecule has 0 bridgehead atoms. The maximum absolute atomic E-state index is 12.9. The molecular formula is C20H19N3O2. The van der Waals surface area contributed by atoms with Crippen LogP contribution in [0.3, 0.4) is 0 Å². The predicted octanol–water partition coefficient (Wildman–Crippen LogP) is 3.66. The highest BCUT2D eigenvalue weighted by Crippen LogP contribution is 2.24. The minimum Gasteiger partial charge on any atom is -0.449 e. The molecule has 0 unspecified atom stereocenters. The third-order valence-electron chi connectivity index (χ3n) is 4.11. The fourth-order valence-corrected chi connectivity index (χ4v) is 3.07. The number of hydrogen-bond acceptors (Lipinski definition) is 4. The van der Waals surface area contributed by atoms with Crippen LogP contribution >= 0.6 is 0 Å². The Morgan fingerprint density at radius 2 is 1.80 bits per heavy atom. The summed E-state index contributed by atoms with van der Waals surface area (Å²) in [5.41, 5.74) is 5.14. The molecule has 0 saturated heterocycles. The van der Waals surface area contributed by atoms with Crippen molar-refractivity contribution in [2.75, 3.05) is 0 Å². The Hall–Kier alpha value is -3.13. The first kappa shape index (κ1) is 16.7. The molecule has 3 aromatic rings. The van der Waals surface area contributed by atoms with Crippen LogP contribution in [0, 0.1) is 39.0 Å². The van der Waals surface area contributed by atoms with Gasteiger partial charge in [0.15, 0.2) is 5.89 Å². The van der Waals surface area contributed by atoms with Crippen LogP contribution in [0.1, 0.15) is 33.8 Å². The van der Waals surface area contributed by atoms with Gasteiger partial charge < -0.3 is 8.98 Å². The van der Waals surface area contributed by atoms with Gasteiger partial charge in [-0.15, -0.1) is 0 Å². The monoisotopic (exact) mass is 333 g/mol. The smallest absolute Gasteiger partial charge is 0.269 e. The standard InChI is InChI=1S/C20H19N3O2/c1-12-5-13(2)7-16(6-12)19-8-14(3)18(9-21)20(24)23(19)10-17-11-25-15(4)22-17/h5-8,11H,10H2,1-4H3. The van der Waals surface area contributed by atoms with Crippen LogP contribution in [0.2, 0.25) is 0 Å². The molecule has 5 nitrogen and oxygen atoms in total. The molecule has 0 radical (unpaired) electrons. The fourth-order valence-electron chi connectivity index (χ4n) is 3.07. The highest BCUT2D eigenvalue weighted by Gasteiger charge is 2.16. The van der Waals surface area contributed by atoms with Gasteiger partial charge in [-0.3, -0.25) is 4.79 Å². The minimum atomic E-state index is -0.308. The number of nitrogens with zero attached hydrogens (tertiary/aromatic N) is 3. The fraction of sp³-hybridized carbons (Fsp3) is 0.250. The van der Waals surface area contributed by atoms with E-state index in [0.29, 0.717) is 17.1 Å². The number of aromatic nitrogens is 2. The molecule has 126 valence electrons. The lowest BCUT2D eigenvalue weighted by molar-refractivity contribution is 0.520. The van der Waals surface area contributed by atoms with Gasteiger partial charge in [-0.1, -0.05) is 17.2 Å². The van der Waals surface area contributed by atoms with E-state index in [-0.39, 0.29) is 17.7 Å². The van der Waals surface area contributed by atoms with Crippen LogP contribution in [-0.2, 0) is 6.54 Å². The van der Waals surface area contributed by atoms with Crippen molar-refractivity contribution < 1.29 is 4.42 Å². The molecule has 1 aromatic carbocycles. The van der Waals surface area contributed by atoms with Crippen molar-refractivity contribution in [1.82, 2.24) is 9.55 Å². The van der Waals surface area contributed by atoms with Crippen LogP contribution in [0.15, 0.2) is 39.7 Å². The van der Waals surface area contributed by atoms with Crippen molar-refractivity contribution in [3.05, 3.63) is 74.7 Å². The van der Waals surface area contributed by atoms with Gasteiger partial charge >= 0.3 is 0 Å². The zero-order chi connectivity index (χ0) is 18.1. The van der Waals surface area contributed by atoms with E-state index in [9.17, 15) is 10.1 Å². The van der Waals surface area contributed by atoms with Gasteiger partial charge in [-0.2, -0.15) is 5.26 Å². The van der Waals surface area contributed by atoms with Crippen molar-refractivity contribution >= 4 is 0 Å². The molecule has 0 amide bonds. The Morgan fingerprint density at radius 1 is 1.12 bits per heavy atom. The number of hydrogen-bond donors (Lipinski definition) is 0. The minimum absolute atomic E-state index is 0.161. The largest absolute Gasteiger partial charge is 0.449 e. The van der Waals surface area contributed by atoms with Gasteiger partial charge in [-0.05, 0) is 50.1 Å². The van der Waals surface area contributed by atoms with Crippen LogP contribution in [0.5, 0.6) is 0 Å². The second kappa shape index (κ2) is 6.40. The predicted molar refractivity (Wildman–Crippen MR) is 95.4 cm³/mol. The molecule has 3 rings (SSSR count). The lowest BCUT2D eigenvalue weighted by atomic mass is 10.0. The highest BCUT2D eigenvalue weighted by molar-refractivity contribution is 5.64. The van der Waals surface area contributed by atoms with E-state index in [2.05, 4.69) is 11.1 Å². The normalized spacial score (nSPS) is 10.7. The van der Waals surface area contributed by atoms with E-state index in [1.165, 1.54) is 0 Å². The lowest BCUT2D eigenvalue weighted by Crippen LogP contribution is -2.26. The van der Waals surface area contributed by atoms with E-state index in [4.69, 9.17) is 4.42 Å². The van der Waals surface area contributed by atoms with Crippen LogP contribution in [0.25, 0.3) is 11.3 Å². The second-order valence-electron chi connectivity index (χ2n) is 6.32. The quantitative estimate of drug-likeness (QED) is 0.733. The van der Waals surface area contributed by atoms with Crippen molar-refractivity contribution in [2.45, 2.75) is 34.2 Å². The van der Waals surface area contributed by atoms with Gasteiger partial charge in [0, 0.05) is 6.92 Å². The summed E-state index contributed by atoms with van der Waals surface area (Å²) in [4.78, 5) is 17.2. The van der Waals surface area contributed by atoms with Crippen molar-refractivity contribution in [2.24, 2.45) is 0 Å². The number of rotatable bonds is 3. The number of benzene rings is 1. The highest BCUT2D eigenvalue weighted by atomic mass is 16.3.